The number of thioether (sulfide) groups is 1. The number of hydrogen-bond acceptors (Lipinski definition) is 5. The highest BCUT2D eigenvalue weighted by Gasteiger charge is 2.32. The molecule has 2 heterocycles. The molecule has 148 valence electrons. The second-order valence-corrected chi connectivity index (χ2v) is 9.58. The topological polar surface area (TPSA) is 65.9 Å². The number of thiophene rings is 1. The highest BCUT2D eigenvalue weighted by Crippen LogP contribution is 2.34. The van der Waals surface area contributed by atoms with Gasteiger partial charge in [-0.2, -0.15) is 11.8 Å². The van der Waals surface area contributed by atoms with E-state index in [4.69, 9.17) is 4.74 Å². The molecule has 1 fully saturated rings. The third-order valence-corrected chi connectivity index (χ3v) is 7.56. The minimum absolute atomic E-state index is 0.203. The van der Waals surface area contributed by atoms with E-state index in [0.717, 1.165) is 49.2 Å². The number of ether oxygens (including phenoxy) is 1. The van der Waals surface area contributed by atoms with Crippen molar-refractivity contribution in [3.63, 3.8) is 0 Å². The third-order valence-electron chi connectivity index (χ3n) is 4.89. The minimum atomic E-state index is -0.553. The summed E-state index contributed by atoms with van der Waals surface area (Å²) in [5.41, 5.74) is 0. The van der Waals surface area contributed by atoms with Gasteiger partial charge in [0.05, 0.1) is 0 Å². The van der Waals surface area contributed by atoms with Gasteiger partial charge >= 0.3 is 0 Å². The normalized spacial score (nSPS) is 18.4. The summed E-state index contributed by atoms with van der Waals surface area (Å²) in [7, 11) is 1.77. The van der Waals surface area contributed by atoms with E-state index in [1.165, 1.54) is 10.1 Å². The van der Waals surface area contributed by atoms with E-state index in [-0.39, 0.29) is 4.75 Å². The first-order valence-corrected chi connectivity index (χ1v) is 11.3. The van der Waals surface area contributed by atoms with Crippen LogP contribution in [0.1, 0.15) is 30.7 Å². The fourth-order valence-electron chi connectivity index (χ4n) is 3.35. The molecule has 1 aromatic carbocycles. The third kappa shape index (κ3) is 5.38. The van der Waals surface area contributed by atoms with Gasteiger partial charge in [-0.15, -0.1) is 11.3 Å². The fraction of sp³-hybridized carbons (Fsp3) is 0.550. The van der Waals surface area contributed by atoms with Crippen molar-refractivity contribution < 1.29 is 9.84 Å². The predicted molar refractivity (Wildman–Crippen MR) is 117 cm³/mol. The summed E-state index contributed by atoms with van der Waals surface area (Å²) in [6.45, 7) is 5.14. The molecule has 27 heavy (non-hydrogen) atoms. The molecule has 1 unspecified atom stereocenters. The zero-order valence-electron chi connectivity index (χ0n) is 16.0. The summed E-state index contributed by atoms with van der Waals surface area (Å²) in [5.74, 6) is 1.83. The molecule has 1 aromatic heterocycles. The zero-order valence-corrected chi connectivity index (χ0v) is 17.7. The molecular formula is C20H29N3O2S2. The molecule has 1 atom stereocenters. The molecule has 1 aliphatic heterocycles. The Kier molecular flexibility index (Phi) is 7.41. The largest absolute Gasteiger partial charge is 0.386 e. The number of fused-ring (bicyclic) bond motifs is 1. The van der Waals surface area contributed by atoms with Crippen LogP contribution in [0, 0.1) is 0 Å². The number of nitrogens with one attached hydrogen (secondary N) is 2. The molecule has 0 spiro atoms. The van der Waals surface area contributed by atoms with Gasteiger partial charge in [0.15, 0.2) is 5.96 Å². The number of rotatable bonds is 7. The lowest BCUT2D eigenvalue weighted by Gasteiger charge is -2.37. The number of nitrogens with zero attached hydrogens (tertiary/aromatic N) is 1. The second-order valence-electron chi connectivity index (χ2n) is 6.74. The molecule has 0 radical (unpaired) electrons. The Morgan fingerprint density at radius 3 is 2.81 bits per heavy atom. The van der Waals surface area contributed by atoms with Crippen molar-refractivity contribution >= 4 is 39.1 Å². The monoisotopic (exact) mass is 407 g/mol. The van der Waals surface area contributed by atoms with Crippen molar-refractivity contribution in [3.8, 4) is 0 Å². The molecule has 1 saturated heterocycles. The Balaban J connectivity index is 1.53. The van der Waals surface area contributed by atoms with Gasteiger partial charge in [-0.1, -0.05) is 25.1 Å². The maximum absolute atomic E-state index is 10.6. The Morgan fingerprint density at radius 2 is 2.11 bits per heavy atom. The first-order chi connectivity index (χ1) is 13.2. The van der Waals surface area contributed by atoms with Crippen molar-refractivity contribution in [2.75, 3.05) is 39.1 Å². The van der Waals surface area contributed by atoms with E-state index in [0.29, 0.717) is 6.54 Å². The molecule has 0 amide bonds. The molecule has 0 bridgehead atoms. The van der Waals surface area contributed by atoms with E-state index in [1.54, 1.807) is 18.4 Å². The van der Waals surface area contributed by atoms with E-state index >= 15 is 0 Å². The number of benzene rings is 1. The van der Waals surface area contributed by atoms with Gasteiger partial charge in [-0.25, -0.2) is 0 Å². The Hall–Kier alpha value is -1.28. The summed E-state index contributed by atoms with van der Waals surface area (Å²) in [5, 5.41) is 18.5. The Bertz CT molecular complexity index is 718. The van der Waals surface area contributed by atoms with Gasteiger partial charge in [0.2, 0.25) is 0 Å². The van der Waals surface area contributed by atoms with Crippen LogP contribution in [0.2, 0.25) is 0 Å². The number of aliphatic hydroxyl groups is 1. The van der Waals surface area contributed by atoms with Crippen LogP contribution in [0.3, 0.4) is 0 Å². The lowest BCUT2D eigenvalue weighted by Crippen LogP contribution is -2.48. The fourth-order valence-corrected chi connectivity index (χ4v) is 5.64. The molecule has 3 N–H and O–H groups in total. The van der Waals surface area contributed by atoms with E-state index in [2.05, 4.69) is 40.7 Å². The van der Waals surface area contributed by atoms with E-state index in [9.17, 15) is 5.11 Å². The number of guanidine groups is 1. The average Bonchev–Trinajstić information content (AvgIpc) is 3.13. The van der Waals surface area contributed by atoms with Crippen LogP contribution in [-0.2, 0) is 4.74 Å². The Labute approximate surface area is 169 Å². The number of aliphatic imine (C=N–C) groups is 1. The summed E-state index contributed by atoms with van der Waals surface area (Å²) in [6, 6.07) is 10.3. The highest BCUT2D eigenvalue weighted by atomic mass is 32.2. The standard InChI is InChI=1S/C20H29N3O2S2/c1-3-26-20(8-10-25-11-9-20)14-23-19(21-2)22-13-16(24)18-12-15-6-4-5-7-17(15)27-18/h4-7,12,16,24H,3,8-11,13-14H2,1-2H3,(H2,21,22,23). The van der Waals surface area contributed by atoms with Crippen LogP contribution in [0.4, 0.5) is 0 Å². The van der Waals surface area contributed by atoms with E-state index in [1.807, 2.05) is 23.9 Å². The summed E-state index contributed by atoms with van der Waals surface area (Å²) >= 11 is 3.64. The molecule has 1 aliphatic rings. The first-order valence-electron chi connectivity index (χ1n) is 9.48. The van der Waals surface area contributed by atoms with Crippen molar-refractivity contribution in [1.29, 1.82) is 0 Å². The van der Waals surface area contributed by atoms with Crippen LogP contribution in [0.15, 0.2) is 35.3 Å². The van der Waals surface area contributed by atoms with Crippen LogP contribution in [0.5, 0.6) is 0 Å². The van der Waals surface area contributed by atoms with Gasteiger partial charge in [0, 0.05) is 47.7 Å². The molecule has 3 rings (SSSR count). The molecule has 7 heteroatoms. The quantitative estimate of drug-likeness (QED) is 0.485. The van der Waals surface area contributed by atoms with Crippen molar-refractivity contribution in [2.24, 2.45) is 4.99 Å². The number of aliphatic hydroxyl groups excluding tert-OH is 1. The summed E-state index contributed by atoms with van der Waals surface area (Å²) < 4.78 is 6.94. The maximum atomic E-state index is 10.6. The summed E-state index contributed by atoms with van der Waals surface area (Å²) in [6.07, 6.45) is 1.56. The maximum Gasteiger partial charge on any atom is 0.191 e. The minimum Gasteiger partial charge on any atom is -0.386 e. The van der Waals surface area contributed by atoms with Gasteiger partial charge in [-0.3, -0.25) is 4.99 Å². The van der Waals surface area contributed by atoms with Crippen molar-refractivity contribution in [1.82, 2.24) is 10.6 Å². The predicted octanol–water partition coefficient (Wildman–Crippen LogP) is 3.40. The molecular weight excluding hydrogens is 378 g/mol. The first kappa shape index (κ1) is 20.5. The van der Waals surface area contributed by atoms with Gasteiger partial charge in [-0.05, 0) is 36.1 Å². The molecule has 5 nitrogen and oxygen atoms in total. The molecule has 2 aromatic rings. The smallest absolute Gasteiger partial charge is 0.191 e. The second kappa shape index (κ2) is 9.78. The van der Waals surface area contributed by atoms with Crippen LogP contribution >= 0.6 is 23.1 Å². The SMILES string of the molecule is CCSC1(CNC(=NC)NCC(O)c2cc3ccccc3s2)CCOCC1. The summed E-state index contributed by atoms with van der Waals surface area (Å²) in [4.78, 5) is 5.29. The van der Waals surface area contributed by atoms with E-state index < -0.39 is 6.10 Å². The average molecular weight is 408 g/mol. The molecule has 0 saturated carbocycles. The number of hydrogen-bond donors (Lipinski definition) is 3. The van der Waals surface area contributed by atoms with Gasteiger partial charge in [0.1, 0.15) is 6.10 Å². The zero-order chi connectivity index (χ0) is 19.1. The highest BCUT2D eigenvalue weighted by molar-refractivity contribution is 8.00. The van der Waals surface area contributed by atoms with Crippen LogP contribution in [0.25, 0.3) is 10.1 Å². The van der Waals surface area contributed by atoms with Crippen LogP contribution < -0.4 is 10.6 Å². The van der Waals surface area contributed by atoms with Crippen molar-refractivity contribution in [2.45, 2.75) is 30.6 Å². The lowest BCUT2D eigenvalue weighted by molar-refractivity contribution is 0.0782. The Morgan fingerprint density at radius 1 is 1.33 bits per heavy atom. The van der Waals surface area contributed by atoms with Crippen molar-refractivity contribution in [3.05, 3.63) is 35.2 Å². The lowest BCUT2D eigenvalue weighted by atomic mass is 9.99. The van der Waals surface area contributed by atoms with Crippen LogP contribution in [-0.4, -0.2) is 54.9 Å². The van der Waals surface area contributed by atoms with Gasteiger partial charge in [0.25, 0.3) is 0 Å². The molecule has 0 aliphatic carbocycles. The van der Waals surface area contributed by atoms with Gasteiger partial charge < -0.3 is 20.5 Å².